The van der Waals surface area contributed by atoms with Gasteiger partial charge in [0.1, 0.15) is 88.2 Å². The van der Waals surface area contributed by atoms with Crippen molar-refractivity contribution in [3.05, 3.63) is 12.2 Å². The molecule has 6 unspecified atom stereocenters. The van der Waals surface area contributed by atoms with Crippen molar-refractivity contribution in [2.75, 3.05) is 95.3 Å². The standard InChI is InChI=1S/C99H170N10O26S4/c1-66(111)104-86-90(126)76(117)63-132-96(86)136-57-31-11-25-51-100-80(120)41-21-5-15-35-71(36-16-6-22-42-81(121)101-52-26-12-32-58-137-97-87(105-67(2)112)91(127)77(118)64-133-97)74(115)39-19-9-29-55-108(95(131)73-47-45-70(46-48-73)61-109-84(124)49-50-85(109)125)56-30-10-20-40-75(116)72(37-17-7-23-43-82(122)102-53-27-13-33-59-138-98-88(106-68(3)113)92(128)78(119)65-134-98)38-18-8-24-44-83(123)103-54-28-14-34-60-139-99-89(107-69(4)114)94(130)93(129)79(62-110)135-99/h49-50,70-73,76-79,86-94,96-99,110,117-119,126-130H,5-48,51-65H2,1-4H3,(H,100,120)(H,101,121)(H,102,122)(H,103,123)(H,104,111)(H,105,112)(H,106,113)(H,107,114)/t70?,71?,72?,73?,76-,77-,78-,79?,86?,87?,88?,89?,90-,91-,92-,93-,94+,96-,97-,98-,99-/m0/s1. The van der Waals surface area contributed by atoms with E-state index in [4.69, 9.17) is 18.9 Å². The van der Waals surface area contributed by atoms with Gasteiger partial charge < -0.3 is 112 Å². The average molecular weight is 2040 g/mol. The van der Waals surface area contributed by atoms with E-state index >= 15 is 0 Å². The van der Waals surface area contributed by atoms with Crippen molar-refractivity contribution in [2.45, 2.75) is 411 Å². The van der Waals surface area contributed by atoms with Crippen LogP contribution < -0.4 is 42.5 Å². The van der Waals surface area contributed by atoms with Crippen LogP contribution in [0, 0.1) is 23.7 Å². The van der Waals surface area contributed by atoms with Gasteiger partial charge in [-0.1, -0.05) is 89.9 Å². The Morgan fingerprint density at radius 2 is 0.662 bits per heavy atom. The number of aliphatic hydroxyl groups is 9. The molecule has 0 aromatic carbocycles. The van der Waals surface area contributed by atoms with Gasteiger partial charge >= 0.3 is 0 Å². The number of imide groups is 1. The number of nitrogens with zero attached hydrogens (tertiary/aromatic N) is 2. The molecule has 4 saturated heterocycles. The Balaban J connectivity index is 0.978. The lowest BCUT2D eigenvalue weighted by atomic mass is 9.81. The molecule has 40 heteroatoms. The van der Waals surface area contributed by atoms with E-state index in [1.54, 1.807) is 0 Å². The van der Waals surface area contributed by atoms with E-state index in [0.717, 1.165) is 128 Å². The van der Waals surface area contributed by atoms with Crippen molar-refractivity contribution in [1.82, 2.24) is 52.3 Å². The summed E-state index contributed by atoms with van der Waals surface area (Å²) >= 11 is 5.79. The number of thioether (sulfide) groups is 4. The quantitative estimate of drug-likeness (QED) is 0.0225. The molecule has 5 fully saturated rings. The second-order valence-corrected chi connectivity index (χ2v) is 43.3. The van der Waals surface area contributed by atoms with Gasteiger partial charge in [0.25, 0.3) is 11.8 Å². The summed E-state index contributed by atoms with van der Waals surface area (Å²) in [5, 5.41) is 115. The van der Waals surface area contributed by atoms with Crippen LogP contribution in [0.5, 0.6) is 0 Å². The molecule has 0 spiro atoms. The summed E-state index contributed by atoms with van der Waals surface area (Å²) in [6, 6.07) is -3.04. The van der Waals surface area contributed by atoms with Gasteiger partial charge in [0.05, 0.1) is 50.6 Å². The Kier molecular flexibility index (Phi) is 62.3. The van der Waals surface area contributed by atoms with E-state index < -0.39 is 107 Å². The van der Waals surface area contributed by atoms with Gasteiger partial charge in [-0.25, -0.2) is 0 Å². The highest BCUT2D eigenvalue weighted by molar-refractivity contribution is 8.00. The van der Waals surface area contributed by atoms with Crippen LogP contribution in [-0.4, -0.2) is 328 Å². The average Bonchev–Trinajstić information content (AvgIpc) is 1.21. The highest BCUT2D eigenvalue weighted by Gasteiger charge is 2.46. The summed E-state index contributed by atoms with van der Waals surface area (Å²) in [7, 11) is 0. The maximum absolute atomic E-state index is 14.7. The number of carbonyl (C=O) groups is 13. The summed E-state index contributed by atoms with van der Waals surface area (Å²) in [5.74, 6) is 0.446. The normalized spacial score (nSPS) is 25.8. The first-order chi connectivity index (χ1) is 66.8. The van der Waals surface area contributed by atoms with E-state index in [1.807, 2.05) is 4.90 Å². The lowest BCUT2D eigenvalue weighted by molar-refractivity contribution is -0.173. The van der Waals surface area contributed by atoms with Crippen LogP contribution >= 0.6 is 47.0 Å². The second-order valence-electron chi connectivity index (χ2n) is 38.5. The predicted octanol–water partition coefficient (Wildman–Crippen LogP) is 6.61. The van der Waals surface area contributed by atoms with Crippen molar-refractivity contribution < 1.29 is 127 Å². The lowest BCUT2D eigenvalue weighted by Crippen LogP contribution is -2.63. The molecule has 17 N–H and O–H groups in total. The molecule has 6 aliphatic rings. The van der Waals surface area contributed by atoms with Crippen LogP contribution in [-0.2, 0) is 81.3 Å². The molecular formula is C99H170N10O26S4. The van der Waals surface area contributed by atoms with E-state index in [0.29, 0.717) is 223 Å². The molecule has 11 amide bonds. The molecule has 5 heterocycles. The van der Waals surface area contributed by atoms with Crippen molar-refractivity contribution in [3.63, 3.8) is 0 Å². The molecule has 0 bridgehead atoms. The number of amides is 11. The van der Waals surface area contributed by atoms with Gasteiger partial charge in [0.15, 0.2) is 0 Å². The highest BCUT2D eigenvalue weighted by atomic mass is 32.2. The number of hydrogen-bond acceptors (Lipinski definition) is 30. The molecule has 1 aliphatic carbocycles. The maximum Gasteiger partial charge on any atom is 0.253 e. The fourth-order valence-electron chi connectivity index (χ4n) is 18.7. The number of rotatable bonds is 74. The van der Waals surface area contributed by atoms with Crippen molar-refractivity contribution in [2.24, 2.45) is 23.7 Å². The number of nitrogens with one attached hydrogen (secondary N) is 8. The Labute approximate surface area is 840 Å². The van der Waals surface area contributed by atoms with E-state index in [2.05, 4.69) is 42.5 Å². The number of aliphatic hydroxyl groups excluding tert-OH is 9. The Hall–Kier alpha value is -5.67. The third-order valence-corrected chi connectivity index (χ3v) is 31.9. The summed E-state index contributed by atoms with van der Waals surface area (Å²) in [4.78, 5) is 171. The molecule has 0 aromatic heterocycles. The van der Waals surface area contributed by atoms with Crippen molar-refractivity contribution in [1.29, 1.82) is 0 Å². The number of hydrogen-bond donors (Lipinski definition) is 17. The Bertz CT molecular complexity index is 3560. The minimum Gasteiger partial charge on any atom is -0.394 e. The second kappa shape index (κ2) is 71.0. The third kappa shape index (κ3) is 48.9. The van der Waals surface area contributed by atoms with E-state index in [-0.39, 0.29) is 120 Å². The topological polar surface area (TPSA) is 544 Å². The molecule has 1 saturated carbocycles. The highest BCUT2D eigenvalue weighted by Crippen LogP contribution is 2.36. The first-order valence-electron chi connectivity index (χ1n) is 51.9. The molecule has 139 heavy (non-hydrogen) atoms. The summed E-state index contributed by atoms with van der Waals surface area (Å²) < 4.78 is 23.0. The monoisotopic (exact) mass is 2040 g/mol. The van der Waals surface area contributed by atoms with Gasteiger partial charge in [0, 0.05) is 142 Å². The zero-order chi connectivity index (χ0) is 101. The smallest absolute Gasteiger partial charge is 0.253 e. The zero-order valence-electron chi connectivity index (χ0n) is 83.0. The minimum atomic E-state index is -1.35. The molecular weight excluding hydrogens is 1870 g/mol. The van der Waals surface area contributed by atoms with Gasteiger partial charge in [-0.2, -0.15) is 0 Å². The van der Waals surface area contributed by atoms with Crippen molar-refractivity contribution in [3.8, 4) is 0 Å². The third-order valence-electron chi connectivity index (χ3n) is 26.8. The van der Waals surface area contributed by atoms with Crippen LogP contribution in [0.4, 0.5) is 0 Å². The zero-order valence-corrected chi connectivity index (χ0v) is 86.3. The van der Waals surface area contributed by atoms with Gasteiger partial charge in [-0.05, 0) is 183 Å². The Morgan fingerprint density at radius 3 is 0.978 bits per heavy atom. The molecule has 36 nitrogen and oxygen atoms in total. The molecule has 6 rings (SSSR count). The SMILES string of the molecule is CC(=O)NC1[C@@H](O)[C@@H](O)CO[C@H]1SCCCCCNC(=O)CCCCCC(CCCCCC(=O)NCCCCCS[C@@H]1OC[C@H](O)[C@H](O)C1NC(C)=O)C(=O)CCCCCN(CCCCCC(=O)C(CCCCCC(=O)NCCCCCS[C@@H]1OC[C@H](O)[C@H](O)C1NC(C)=O)CCCCCC(=O)NCCCCCS[C@@H]1OC(CO)[C@H](O)[C@H](O)C1NC(C)=O)C(=O)C1CCC(CN2C(=O)C=CC2=O)CC1. The maximum atomic E-state index is 14.7. The van der Waals surface area contributed by atoms with E-state index in [9.17, 15) is 108 Å². The number of unbranched alkanes of at least 4 members (excludes halogenated alkanes) is 20. The molecule has 5 aliphatic heterocycles. The number of carbonyl (C=O) groups excluding carboxylic acids is 13. The molecule has 0 aromatic rings. The Morgan fingerprint density at radius 1 is 0.367 bits per heavy atom. The van der Waals surface area contributed by atoms with Gasteiger partial charge in [-0.3, -0.25) is 67.2 Å². The minimum absolute atomic E-state index is 0.0244. The first kappa shape index (κ1) is 122. The first-order valence-corrected chi connectivity index (χ1v) is 56.1. The van der Waals surface area contributed by atoms with Crippen LogP contribution in [0.25, 0.3) is 0 Å². The van der Waals surface area contributed by atoms with Gasteiger partial charge in [-0.15, -0.1) is 47.0 Å². The van der Waals surface area contributed by atoms with Crippen LogP contribution in [0.1, 0.15) is 310 Å². The fourth-order valence-corrected chi connectivity index (χ4v) is 23.6. The largest absolute Gasteiger partial charge is 0.394 e. The fraction of sp³-hybridized carbons (Fsp3) is 0.848. The number of ketones is 2. The summed E-state index contributed by atoms with van der Waals surface area (Å²) in [6.45, 7) is 8.17. The predicted molar refractivity (Wildman–Crippen MR) is 535 cm³/mol. The summed E-state index contributed by atoms with van der Waals surface area (Å²) in [5.41, 5.74) is -2.16. The van der Waals surface area contributed by atoms with Crippen LogP contribution in [0.2, 0.25) is 0 Å². The van der Waals surface area contributed by atoms with Crippen LogP contribution in [0.15, 0.2) is 12.2 Å². The lowest BCUT2D eigenvalue weighted by Gasteiger charge is -2.42. The van der Waals surface area contributed by atoms with Gasteiger partial charge in [0.2, 0.25) is 53.2 Å². The van der Waals surface area contributed by atoms with E-state index in [1.165, 1.54) is 91.8 Å². The molecule has 0 radical (unpaired) electrons. The molecule has 18 atom stereocenters. The summed E-state index contributed by atoms with van der Waals surface area (Å²) in [6.07, 6.45) is 22.1. The number of ether oxygens (including phenoxy) is 4. The van der Waals surface area contributed by atoms with Crippen molar-refractivity contribution >= 4 is 124 Å². The number of Topliss-reactive ketones (excluding diaryl/α,β-unsaturated/α-hetero) is 2. The molecule has 796 valence electrons. The van der Waals surface area contributed by atoms with Crippen LogP contribution in [0.3, 0.4) is 0 Å².